The lowest BCUT2D eigenvalue weighted by Gasteiger charge is -2.21. The quantitative estimate of drug-likeness (QED) is 0.837. The molecular formula is C17H15Cl2NO3. The minimum absolute atomic E-state index is 0.149. The number of benzene rings is 2. The number of amides is 1. The highest BCUT2D eigenvalue weighted by atomic mass is 35.5. The number of rotatable bonds is 3. The van der Waals surface area contributed by atoms with Crippen molar-refractivity contribution in [2.24, 2.45) is 0 Å². The lowest BCUT2D eigenvalue weighted by molar-refractivity contribution is 0.0784. The molecule has 120 valence electrons. The predicted molar refractivity (Wildman–Crippen MR) is 89.7 cm³/mol. The van der Waals surface area contributed by atoms with Crippen molar-refractivity contribution in [1.29, 1.82) is 0 Å². The van der Waals surface area contributed by atoms with Gasteiger partial charge in [-0.05, 0) is 35.9 Å². The summed E-state index contributed by atoms with van der Waals surface area (Å²) in [4.78, 5) is 14.1. The van der Waals surface area contributed by atoms with Crippen LogP contribution in [0, 0.1) is 0 Å². The smallest absolute Gasteiger partial charge is 0.253 e. The molecule has 1 aliphatic heterocycles. The Bertz CT molecular complexity index is 728. The molecule has 0 saturated heterocycles. The van der Waals surface area contributed by atoms with Gasteiger partial charge in [-0.1, -0.05) is 29.3 Å². The van der Waals surface area contributed by atoms with E-state index >= 15 is 0 Å². The number of nitrogens with zero attached hydrogens (tertiary/aromatic N) is 1. The fourth-order valence-electron chi connectivity index (χ4n) is 2.43. The molecule has 0 radical (unpaired) electrons. The predicted octanol–water partition coefficient (Wildman–Crippen LogP) is 4.04. The van der Waals surface area contributed by atoms with E-state index in [1.807, 2.05) is 18.2 Å². The van der Waals surface area contributed by atoms with E-state index in [9.17, 15) is 4.79 Å². The SMILES string of the molecule is CN(Cc1ccc2c(c1)OCCO2)C(=O)c1cc(Cl)cc(Cl)c1. The Morgan fingerprint density at radius 1 is 1.04 bits per heavy atom. The van der Waals surface area contributed by atoms with Crippen LogP contribution in [0.5, 0.6) is 11.5 Å². The van der Waals surface area contributed by atoms with Crippen LogP contribution in [-0.2, 0) is 6.54 Å². The van der Waals surface area contributed by atoms with Crippen LogP contribution in [0.2, 0.25) is 10.0 Å². The Morgan fingerprint density at radius 3 is 2.39 bits per heavy atom. The molecule has 0 atom stereocenters. The van der Waals surface area contributed by atoms with Gasteiger partial charge in [-0.15, -0.1) is 0 Å². The lowest BCUT2D eigenvalue weighted by atomic mass is 10.1. The third-order valence-corrected chi connectivity index (χ3v) is 3.92. The molecule has 1 aliphatic rings. The summed E-state index contributed by atoms with van der Waals surface area (Å²) in [6.45, 7) is 1.53. The highest BCUT2D eigenvalue weighted by Crippen LogP contribution is 2.31. The average Bonchev–Trinajstić information content (AvgIpc) is 2.53. The number of hydrogen-bond acceptors (Lipinski definition) is 3. The van der Waals surface area contributed by atoms with Crippen molar-refractivity contribution in [3.8, 4) is 11.5 Å². The molecule has 3 rings (SSSR count). The van der Waals surface area contributed by atoms with Gasteiger partial charge in [0, 0.05) is 29.2 Å². The summed E-state index contributed by atoms with van der Waals surface area (Å²) in [6.07, 6.45) is 0. The van der Waals surface area contributed by atoms with E-state index < -0.39 is 0 Å². The van der Waals surface area contributed by atoms with Gasteiger partial charge in [0.2, 0.25) is 0 Å². The number of carbonyl (C=O) groups is 1. The third-order valence-electron chi connectivity index (χ3n) is 3.48. The number of carbonyl (C=O) groups excluding carboxylic acids is 1. The Kier molecular flexibility index (Phi) is 4.64. The fourth-order valence-corrected chi connectivity index (χ4v) is 2.96. The summed E-state index contributed by atoms with van der Waals surface area (Å²) in [6, 6.07) is 10.5. The van der Waals surface area contributed by atoms with E-state index in [1.165, 1.54) is 0 Å². The highest BCUT2D eigenvalue weighted by molar-refractivity contribution is 6.35. The molecule has 0 saturated carbocycles. The van der Waals surface area contributed by atoms with Gasteiger partial charge < -0.3 is 14.4 Å². The number of fused-ring (bicyclic) bond motifs is 1. The van der Waals surface area contributed by atoms with Crippen LogP contribution in [0.4, 0.5) is 0 Å². The second-order valence-corrected chi connectivity index (χ2v) is 6.17. The molecule has 2 aromatic carbocycles. The van der Waals surface area contributed by atoms with Gasteiger partial charge in [-0.25, -0.2) is 0 Å². The number of halogens is 2. The van der Waals surface area contributed by atoms with Gasteiger partial charge in [0.15, 0.2) is 11.5 Å². The zero-order valence-corrected chi connectivity index (χ0v) is 14.0. The summed E-state index contributed by atoms with van der Waals surface area (Å²) in [5.74, 6) is 1.29. The van der Waals surface area contributed by atoms with E-state index in [0.717, 1.165) is 11.3 Å². The molecule has 0 aromatic heterocycles. The molecule has 6 heteroatoms. The van der Waals surface area contributed by atoms with Crippen LogP contribution in [-0.4, -0.2) is 31.1 Å². The van der Waals surface area contributed by atoms with E-state index in [4.69, 9.17) is 32.7 Å². The van der Waals surface area contributed by atoms with Gasteiger partial charge in [0.1, 0.15) is 13.2 Å². The molecule has 23 heavy (non-hydrogen) atoms. The zero-order chi connectivity index (χ0) is 16.4. The van der Waals surface area contributed by atoms with Crippen molar-refractivity contribution in [2.45, 2.75) is 6.54 Å². The first-order chi connectivity index (χ1) is 11.0. The maximum Gasteiger partial charge on any atom is 0.253 e. The summed E-state index contributed by atoms with van der Waals surface area (Å²) < 4.78 is 11.1. The first-order valence-electron chi connectivity index (χ1n) is 7.13. The van der Waals surface area contributed by atoms with Gasteiger partial charge in [-0.3, -0.25) is 4.79 Å². The molecule has 0 unspecified atom stereocenters. The zero-order valence-electron chi connectivity index (χ0n) is 12.5. The lowest BCUT2D eigenvalue weighted by Crippen LogP contribution is -2.26. The van der Waals surface area contributed by atoms with Crippen LogP contribution >= 0.6 is 23.2 Å². The average molecular weight is 352 g/mol. The topological polar surface area (TPSA) is 38.8 Å². The van der Waals surface area contributed by atoms with Gasteiger partial charge in [-0.2, -0.15) is 0 Å². The molecule has 0 N–H and O–H groups in total. The normalized spacial score (nSPS) is 12.8. The third kappa shape index (κ3) is 3.71. The molecule has 1 heterocycles. The molecule has 2 aromatic rings. The largest absolute Gasteiger partial charge is 0.486 e. The number of hydrogen-bond donors (Lipinski definition) is 0. The molecule has 0 fully saturated rings. The van der Waals surface area contributed by atoms with E-state index in [-0.39, 0.29) is 5.91 Å². The Balaban J connectivity index is 1.75. The first-order valence-corrected chi connectivity index (χ1v) is 7.88. The Hall–Kier alpha value is -1.91. The van der Waals surface area contributed by atoms with Crippen molar-refractivity contribution in [2.75, 3.05) is 20.3 Å². The second-order valence-electron chi connectivity index (χ2n) is 5.30. The monoisotopic (exact) mass is 351 g/mol. The maximum absolute atomic E-state index is 12.5. The van der Waals surface area contributed by atoms with E-state index in [0.29, 0.717) is 41.1 Å². The van der Waals surface area contributed by atoms with E-state index in [1.54, 1.807) is 30.1 Å². The Labute approximate surface area is 144 Å². The summed E-state index contributed by atoms with van der Waals surface area (Å²) in [5.41, 5.74) is 1.42. The fraction of sp³-hybridized carbons (Fsp3) is 0.235. The van der Waals surface area contributed by atoms with Gasteiger partial charge in [0.05, 0.1) is 0 Å². The van der Waals surface area contributed by atoms with Crippen molar-refractivity contribution in [1.82, 2.24) is 4.90 Å². The van der Waals surface area contributed by atoms with Crippen LogP contribution in [0.25, 0.3) is 0 Å². The van der Waals surface area contributed by atoms with Crippen LogP contribution in [0.15, 0.2) is 36.4 Å². The van der Waals surface area contributed by atoms with Crippen LogP contribution in [0.3, 0.4) is 0 Å². The van der Waals surface area contributed by atoms with Crippen LogP contribution < -0.4 is 9.47 Å². The van der Waals surface area contributed by atoms with Crippen molar-refractivity contribution in [3.63, 3.8) is 0 Å². The van der Waals surface area contributed by atoms with Crippen LogP contribution in [0.1, 0.15) is 15.9 Å². The first kappa shape index (κ1) is 16.0. The minimum Gasteiger partial charge on any atom is -0.486 e. The Morgan fingerprint density at radius 2 is 1.70 bits per heavy atom. The second kappa shape index (κ2) is 6.69. The molecular weight excluding hydrogens is 337 g/mol. The van der Waals surface area contributed by atoms with Gasteiger partial charge in [0.25, 0.3) is 5.91 Å². The van der Waals surface area contributed by atoms with Crippen molar-refractivity contribution < 1.29 is 14.3 Å². The summed E-state index contributed by atoms with van der Waals surface area (Å²) in [7, 11) is 1.73. The molecule has 0 aliphatic carbocycles. The molecule has 1 amide bonds. The molecule has 0 spiro atoms. The van der Waals surface area contributed by atoms with Gasteiger partial charge >= 0.3 is 0 Å². The van der Waals surface area contributed by atoms with Crippen molar-refractivity contribution >= 4 is 29.1 Å². The summed E-state index contributed by atoms with van der Waals surface area (Å²) in [5, 5.41) is 0.877. The standard InChI is InChI=1S/C17H15Cl2NO3/c1-20(17(21)12-7-13(18)9-14(19)8-12)10-11-2-3-15-16(6-11)23-5-4-22-15/h2-3,6-9H,4-5,10H2,1H3. The molecule has 4 nitrogen and oxygen atoms in total. The number of ether oxygens (including phenoxy) is 2. The van der Waals surface area contributed by atoms with E-state index in [2.05, 4.69) is 0 Å². The summed E-state index contributed by atoms with van der Waals surface area (Å²) >= 11 is 11.9. The maximum atomic E-state index is 12.5. The molecule has 0 bridgehead atoms. The highest BCUT2D eigenvalue weighted by Gasteiger charge is 2.16. The minimum atomic E-state index is -0.149. The van der Waals surface area contributed by atoms with Crippen molar-refractivity contribution in [3.05, 3.63) is 57.6 Å².